The summed E-state index contributed by atoms with van der Waals surface area (Å²) in [5, 5.41) is 7.20. The lowest BCUT2D eigenvalue weighted by atomic mass is 10.2. The molecule has 6 heteroatoms. The quantitative estimate of drug-likeness (QED) is 0.733. The van der Waals surface area contributed by atoms with Gasteiger partial charge in [0.05, 0.1) is 5.39 Å². The first-order valence-corrected chi connectivity index (χ1v) is 4.83. The molecule has 68 valence electrons. The fourth-order valence-corrected chi connectivity index (χ4v) is 2.18. The largest absolute Gasteiger partial charge is 0.266 e. The zero-order valence-corrected chi connectivity index (χ0v) is 9.13. The zero-order valence-electron chi connectivity index (χ0n) is 6.04. The van der Waals surface area contributed by atoms with E-state index in [1.165, 1.54) is 6.07 Å². The van der Waals surface area contributed by atoms with Gasteiger partial charge in [-0.3, -0.25) is 5.10 Å². The van der Waals surface area contributed by atoms with Crippen molar-refractivity contribution in [3.8, 4) is 0 Å². The molecule has 0 aliphatic rings. The molecule has 0 amide bonds. The summed E-state index contributed by atoms with van der Waals surface area (Å²) in [5.74, 6) is -0.524. The smallest absolute Gasteiger partial charge is 0.145 e. The Morgan fingerprint density at radius 3 is 2.85 bits per heavy atom. The predicted octanol–water partition coefficient (Wildman–Crippen LogP) is 3.77. The van der Waals surface area contributed by atoms with Gasteiger partial charge in [-0.15, -0.1) is 0 Å². The molecule has 1 aromatic heterocycles. The lowest BCUT2D eigenvalue weighted by molar-refractivity contribution is 0.629. The SMILES string of the molecule is Fc1cc(Br)c2c(Cl)[nH]nc2c1Cl. The second-order valence-electron chi connectivity index (χ2n) is 2.42. The maximum atomic E-state index is 13.1. The highest BCUT2D eigenvalue weighted by atomic mass is 79.9. The molecule has 1 aromatic carbocycles. The lowest BCUT2D eigenvalue weighted by Gasteiger charge is -1.97. The van der Waals surface area contributed by atoms with Crippen LogP contribution in [0.2, 0.25) is 10.2 Å². The molecule has 1 N–H and O–H groups in total. The number of rotatable bonds is 0. The molecule has 0 fully saturated rings. The lowest BCUT2D eigenvalue weighted by Crippen LogP contribution is -1.80. The molecule has 0 aliphatic heterocycles. The van der Waals surface area contributed by atoms with Gasteiger partial charge >= 0.3 is 0 Å². The van der Waals surface area contributed by atoms with Gasteiger partial charge < -0.3 is 0 Å². The summed E-state index contributed by atoms with van der Waals surface area (Å²) < 4.78 is 13.6. The first kappa shape index (κ1) is 9.24. The van der Waals surface area contributed by atoms with E-state index < -0.39 is 5.82 Å². The highest BCUT2D eigenvalue weighted by Gasteiger charge is 2.14. The number of hydrogen-bond acceptors (Lipinski definition) is 1. The number of aromatic nitrogens is 2. The molecular weight excluding hydrogens is 282 g/mol. The Labute approximate surface area is 91.1 Å². The van der Waals surface area contributed by atoms with Crippen LogP contribution in [0.1, 0.15) is 0 Å². The minimum atomic E-state index is -0.524. The van der Waals surface area contributed by atoms with E-state index >= 15 is 0 Å². The van der Waals surface area contributed by atoms with Crippen LogP contribution in [0.15, 0.2) is 10.5 Å². The van der Waals surface area contributed by atoms with Gasteiger partial charge in [0, 0.05) is 4.47 Å². The molecule has 0 saturated heterocycles. The van der Waals surface area contributed by atoms with Crippen molar-refractivity contribution >= 4 is 50.0 Å². The summed E-state index contributed by atoms with van der Waals surface area (Å²) in [5.41, 5.74) is 0.332. The van der Waals surface area contributed by atoms with Crippen LogP contribution >= 0.6 is 39.1 Å². The normalized spacial score (nSPS) is 11.1. The number of H-pyrrole nitrogens is 1. The molecule has 2 aromatic rings. The van der Waals surface area contributed by atoms with Crippen molar-refractivity contribution < 1.29 is 4.39 Å². The van der Waals surface area contributed by atoms with Gasteiger partial charge in [-0.05, 0) is 22.0 Å². The van der Waals surface area contributed by atoms with Crippen LogP contribution < -0.4 is 0 Å². The number of halogens is 4. The van der Waals surface area contributed by atoms with E-state index in [1.807, 2.05) is 0 Å². The van der Waals surface area contributed by atoms with Crippen LogP contribution in [-0.2, 0) is 0 Å². The van der Waals surface area contributed by atoms with E-state index in [1.54, 1.807) is 0 Å². The van der Waals surface area contributed by atoms with E-state index in [0.29, 0.717) is 20.5 Å². The van der Waals surface area contributed by atoms with Crippen molar-refractivity contribution in [1.29, 1.82) is 0 Å². The molecule has 0 saturated carbocycles. The van der Waals surface area contributed by atoms with Crippen LogP contribution in [0.4, 0.5) is 4.39 Å². The third kappa shape index (κ3) is 1.33. The summed E-state index contributed by atoms with van der Waals surface area (Å²) in [6, 6.07) is 1.26. The third-order valence-electron chi connectivity index (χ3n) is 1.63. The monoisotopic (exact) mass is 282 g/mol. The van der Waals surface area contributed by atoms with E-state index in [4.69, 9.17) is 23.2 Å². The Kier molecular flexibility index (Phi) is 2.21. The summed E-state index contributed by atoms with van der Waals surface area (Å²) in [4.78, 5) is 0. The Balaban J connectivity index is 2.99. The Hall–Kier alpha value is -0.320. The van der Waals surface area contributed by atoms with Crippen molar-refractivity contribution in [2.45, 2.75) is 0 Å². The minimum absolute atomic E-state index is 0.0265. The number of nitrogens with one attached hydrogen (secondary N) is 1. The van der Waals surface area contributed by atoms with Crippen molar-refractivity contribution in [2.24, 2.45) is 0 Å². The standard InChI is InChI=1S/C7H2BrCl2FN2/c8-2-1-3(11)5(9)6-4(2)7(10)13-12-6/h1H,(H,12,13). The minimum Gasteiger partial charge on any atom is -0.266 e. The average Bonchev–Trinajstić information content (AvgIpc) is 2.44. The van der Waals surface area contributed by atoms with Gasteiger partial charge in [-0.25, -0.2) is 4.39 Å². The molecular formula is C7H2BrCl2FN2. The van der Waals surface area contributed by atoms with Crippen LogP contribution in [0, 0.1) is 5.82 Å². The number of hydrogen-bond donors (Lipinski definition) is 1. The van der Waals surface area contributed by atoms with Gasteiger partial charge in [-0.2, -0.15) is 5.10 Å². The Morgan fingerprint density at radius 1 is 1.46 bits per heavy atom. The second-order valence-corrected chi connectivity index (χ2v) is 4.03. The molecule has 2 rings (SSSR count). The third-order valence-corrected chi connectivity index (χ3v) is 2.89. The summed E-state index contributed by atoms with van der Waals surface area (Å²) >= 11 is 14.6. The molecule has 13 heavy (non-hydrogen) atoms. The van der Waals surface area contributed by atoms with Gasteiger partial charge in [0.25, 0.3) is 0 Å². The van der Waals surface area contributed by atoms with Crippen molar-refractivity contribution in [3.05, 3.63) is 26.5 Å². The Morgan fingerprint density at radius 2 is 2.15 bits per heavy atom. The maximum absolute atomic E-state index is 13.1. The van der Waals surface area contributed by atoms with Crippen molar-refractivity contribution in [1.82, 2.24) is 10.2 Å². The van der Waals surface area contributed by atoms with Gasteiger partial charge in [0.1, 0.15) is 21.5 Å². The summed E-state index contributed by atoms with van der Waals surface area (Å²) in [6.45, 7) is 0. The first-order chi connectivity index (χ1) is 6.11. The fourth-order valence-electron chi connectivity index (χ4n) is 1.06. The fraction of sp³-hybridized carbons (Fsp3) is 0. The molecule has 2 nitrogen and oxygen atoms in total. The van der Waals surface area contributed by atoms with Crippen LogP contribution in [0.5, 0.6) is 0 Å². The molecule has 0 atom stereocenters. The maximum Gasteiger partial charge on any atom is 0.145 e. The van der Waals surface area contributed by atoms with E-state index in [2.05, 4.69) is 26.1 Å². The predicted molar refractivity (Wildman–Crippen MR) is 53.8 cm³/mol. The Bertz CT molecular complexity index is 483. The molecule has 0 unspecified atom stereocenters. The molecule has 0 radical (unpaired) electrons. The number of aromatic amines is 1. The highest BCUT2D eigenvalue weighted by Crippen LogP contribution is 2.34. The number of nitrogens with zero attached hydrogens (tertiary/aromatic N) is 1. The number of fused-ring (bicyclic) bond motifs is 1. The summed E-state index contributed by atoms with van der Waals surface area (Å²) in [6.07, 6.45) is 0. The van der Waals surface area contributed by atoms with E-state index in [9.17, 15) is 4.39 Å². The first-order valence-electron chi connectivity index (χ1n) is 3.28. The molecule has 0 bridgehead atoms. The topological polar surface area (TPSA) is 28.7 Å². The van der Waals surface area contributed by atoms with Crippen LogP contribution in [0.25, 0.3) is 10.9 Å². The van der Waals surface area contributed by atoms with E-state index in [-0.39, 0.29) is 5.02 Å². The average molecular weight is 284 g/mol. The van der Waals surface area contributed by atoms with Crippen LogP contribution in [-0.4, -0.2) is 10.2 Å². The number of benzene rings is 1. The van der Waals surface area contributed by atoms with Gasteiger partial charge in [-0.1, -0.05) is 23.2 Å². The molecule has 0 spiro atoms. The zero-order chi connectivity index (χ0) is 9.59. The second kappa shape index (κ2) is 3.12. The van der Waals surface area contributed by atoms with Crippen molar-refractivity contribution in [3.63, 3.8) is 0 Å². The van der Waals surface area contributed by atoms with Crippen molar-refractivity contribution in [2.75, 3.05) is 0 Å². The van der Waals surface area contributed by atoms with E-state index in [0.717, 1.165) is 0 Å². The van der Waals surface area contributed by atoms with Gasteiger partial charge in [0.15, 0.2) is 0 Å². The van der Waals surface area contributed by atoms with Crippen LogP contribution in [0.3, 0.4) is 0 Å². The molecule has 0 aliphatic carbocycles. The summed E-state index contributed by atoms with van der Waals surface area (Å²) in [7, 11) is 0. The van der Waals surface area contributed by atoms with Gasteiger partial charge in [0.2, 0.25) is 0 Å². The molecule has 1 heterocycles. The highest BCUT2D eigenvalue weighted by molar-refractivity contribution is 9.10.